The number of aromatic nitrogens is 1. The van der Waals surface area contributed by atoms with E-state index in [1.165, 1.54) is 29.7 Å². The van der Waals surface area contributed by atoms with Crippen LogP contribution in [0.25, 0.3) is 16.8 Å². The van der Waals surface area contributed by atoms with Crippen molar-refractivity contribution in [3.05, 3.63) is 78.7 Å². The molecule has 28 heavy (non-hydrogen) atoms. The van der Waals surface area contributed by atoms with E-state index in [1.54, 1.807) is 31.2 Å². The molecule has 0 atom stereocenters. The van der Waals surface area contributed by atoms with Gasteiger partial charge in [-0.15, -0.1) is 11.3 Å². The Morgan fingerprint density at radius 2 is 2.07 bits per heavy atom. The standard InChI is InChI=1S/C19H12Cl2N4O2S/c1-11-6-14(25(26)27)3-5-17(11)23-9-13(8-22)19-24-18(10-28-19)12-2-4-15(20)16(21)7-12/h2-7,9-10,23H,1H3/b13-9+. The molecule has 6 nitrogen and oxygen atoms in total. The van der Waals surface area contributed by atoms with Crippen LogP contribution >= 0.6 is 34.5 Å². The molecule has 3 rings (SSSR count). The predicted molar refractivity (Wildman–Crippen MR) is 113 cm³/mol. The number of allylic oxidation sites excluding steroid dienone is 1. The monoisotopic (exact) mass is 430 g/mol. The molecule has 0 aliphatic heterocycles. The first kappa shape index (κ1) is 19.8. The topological polar surface area (TPSA) is 91.9 Å². The number of non-ortho nitro benzene ring substituents is 1. The molecule has 1 N–H and O–H groups in total. The molecule has 0 unspecified atom stereocenters. The predicted octanol–water partition coefficient (Wildman–Crippen LogP) is 6.31. The molecular weight excluding hydrogens is 419 g/mol. The molecule has 0 bridgehead atoms. The van der Waals surface area contributed by atoms with Gasteiger partial charge >= 0.3 is 0 Å². The van der Waals surface area contributed by atoms with Gasteiger partial charge in [0.25, 0.3) is 5.69 Å². The van der Waals surface area contributed by atoms with E-state index in [-0.39, 0.29) is 5.69 Å². The van der Waals surface area contributed by atoms with Crippen molar-refractivity contribution in [3.63, 3.8) is 0 Å². The molecular formula is C19H12Cl2N4O2S. The van der Waals surface area contributed by atoms with Crippen LogP contribution < -0.4 is 5.32 Å². The zero-order chi connectivity index (χ0) is 20.3. The molecule has 0 saturated heterocycles. The maximum absolute atomic E-state index is 10.8. The highest BCUT2D eigenvalue weighted by Crippen LogP contribution is 2.31. The van der Waals surface area contributed by atoms with Gasteiger partial charge < -0.3 is 5.32 Å². The van der Waals surface area contributed by atoms with Gasteiger partial charge in [-0.05, 0) is 30.7 Å². The number of nitro benzene ring substituents is 1. The Balaban J connectivity index is 1.84. The Hall–Kier alpha value is -2.92. The van der Waals surface area contributed by atoms with Gasteiger partial charge in [0, 0.05) is 35.0 Å². The highest BCUT2D eigenvalue weighted by Gasteiger charge is 2.11. The van der Waals surface area contributed by atoms with Crippen molar-refractivity contribution in [2.45, 2.75) is 6.92 Å². The molecule has 0 aliphatic rings. The van der Waals surface area contributed by atoms with Gasteiger partial charge in [0.1, 0.15) is 16.6 Å². The van der Waals surface area contributed by atoms with Crippen LogP contribution in [0.4, 0.5) is 11.4 Å². The lowest BCUT2D eigenvalue weighted by Gasteiger charge is -2.05. The summed E-state index contributed by atoms with van der Waals surface area (Å²) in [5, 5.41) is 26.6. The number of thiazole rings is 1. The van der Waals surface area contributed by atoms with Crippen molar-refractivity contribution < 1.29 is 4.92 Å². The van der Waals surface area contributed by atoms with Gasteiger partial charge in [0.05, 0.1) is 20.7 Å². The van der Waals surface area contributed by atoms with Crippen LogP contribution in [0.15, 0.2) is 48.0 Å². The van der Waals surface area contributed by atoms with Crippen molar-refractivity contribution in [2.24, 2.45) is 0 Å². The molecule has 2 aromatic carbocycles. The van der Waals surface area contributed by atoms with Crippen LogP contribution in [0.1, 0.15) is 10.6 Å². The van der Waals surface area contributed by atoms with Crippen LogP contribution in [-0.2, 0) is 0 Å². The van der Waals surface area contributed by atoms with Crippen molar-refractivity contribution in [3.8, 4) is 17.3 Å². The lowest BCUT2D eigenvalue weighted by Crippen LogP contribution is -1.95. The highest BCUT2D eigenvalue weighted by molar-refractivity contribution is 7.11. The van der Waals surface area contributed by atoms with E-state index in [0.29, 0.717) is 37.6 Å². The molecule has 0 amide bonds. The fourth-order valence-electron chi connectivity index (χ4n) is 2.40. The summed E-state index contributed by atoms with van der Waals surface area (Å²) in [4.78, 5) is 14.9. The van der Waals surface area contributed by atoms with Gasteiger partial charge in [0.2, 0.25) is 0 Å². The fourth-order valence-corrected chi connectivity index (χ4v) is 3.49. The number of nitriles is 1. The number of hydrogen-bond acceptors (Lipinski definition) is 6. The minimum absolute atomic E-state index is 0.0127. The molecule has 3 aromatic rings. The second-order valence-corrected chi connectivity index (χ2v) is 7.41. The highest BCUT2D eigenvalue weighted by atomic mass is 35.5. The average Bonchev–Trinajstić information content (AvgIpc) is 3.15. The molecule has 1 aromatic heterocycles. The Morgan fingerprint density at radius 3 is 2.71 bits per heavy atom. The second kappa shape index (κ2) is 8.40. The Morgan fingerprint density at radius 1 is 1.29 bits per heavy atom. The minimum atomic E-state index is -0.451. The zero-order valence-corrected chi connectivity index (χ0v) is 16.8. The number of nitrogens with zero attached hydrogens (tertiary/aromatic N) is 3. The number of hydrogen-bond donors (Lipinski definition) is 1. The third-order valence-corrected chi connectivity index (χ3v) is 5.48. The largest absolute Gasteiger partial charge is 0.360 e. The normalized spacial score (nSPS) is 11.1. The molecule has 9 heteroatoms. The van der Waals surface area contributed by atoms with E-state index in [1.807, 2.05) is 5.38 Å². The molecule has 0 saturated carbocycles. The number of nitro groups is 1. The number of nitrogens with one attached hydrogen (secondary N) is 1. The van der Waals surface area contributed by atoms with Crippen LogP contribution in [0, 0.1) is 28.4 Å². The summed E-state index contributed by atoms with van der Waals surface area (Å²) in [5.74, 6) is 0. The maximum atomic E-state index is 10.8. The van der Waals surface area contributed by atoms with Crippen molar-refractivity contribution >= 4 is 51.5 Å². The Bertz CT molecular complexity index is 1140. The van der Waals surface area contributed by atoms with Crippen LogP contribution in [0.2, 0.25) is 10.0 Å². The first-order chi connectivity index (χ1) is 13.4. The van der Waals surface area contributed by atoms with Crippen molar-refractivity contribution in [1.29, 1.82) is 5.26 Å². The smallest absolute Gasteiger partial charge is 0.269 e. The quantitative estimate of drug-likeness (QED) is 0.290. The van der Waals surface area contributed by atoms with Gasteiger partial charge in [-0.25, -0.2) is 4.98 Å². The van der Waals surface area contributed by atoms with Crippen LogP contribution in [0.5, 0.6) is 0 Å². The van der Waals surface area contributed by atoms with Crippen LogP contribution in [0.3, 0.4) is 0 Å². The summed E-state index contributed by atoms with van der Waals surface area (Å²) >= 11 is 13.3. The van der Waals surface area contributed by atoms with Crippen molar-refractivity contribution in [1.82, 2.24) is 4.98 Å². The third-order valence-electron chi connectivity index (χ3n) is 3.86. The summed E-state index contributed by atoms with van der Waals surface area (Å²) in [6.07, 6.45) is 1.53. The molecule has 140 valence electrons. The van der Waals surface area contributed by atoms with Gasteiger partial charge in [0.15, 0.2) is 0 Å². The molecule has 0 spiro atoms. The second-order valence-electron chi connectivity index (χ2n) is 5.74. The number of aryl methyl sites for hydroxylation is 1. The van der Waals surface area contributed by atoms with Gasteiger partial charge in [-0.3, -0.25) is 10.1 Å². The van der Waals surface area contributed by atoms with E-state index in [4.69, 9.17) is 23.2 Å². The summed E-state index contributed by atoms with van der Waals surface area (Å²) in [5.41, 5.74) is 3.20. The number of anilines is 1. The van der Waals surface area contributed by atoms with E-state index in [2.05, 4.69) is 16.4 Å². The number of rotatable bonds is 5. The molecule has 1 heterocycles. The molecule has 0 aliphatic carbocycles. The summed E-state index contributed by atoms with van der Waals surface area (Å²) in [6, 6.07) is 11.8. The zero-order valence-electron chi connectivity index (χ0n) is 14.4. The third kappa shape index (κ3) is 4.31. The summed E-state index contributed by atoms with van der Waals surface area (Å²) in [7, 11) is 0. The Kier molecular flexibility index (Phi) is 5.95. The van der Waals surface area contributed by atoms with Crippen molar-refractivity contribution in [2.75, 3.05) is 5.32 Å². The molecule has 0 radical (unpaired) electrons. The van der Waals surface area contributed by atoms with E-state index < -0.39 is 4.92 Å². The number of benzene rings is 2. The minimum Gasteiger partial charge on any atom is -0.360 e. The van der Waals surface area contributed by atoms with E-state index in [0.717, 1.165) is 5.56 Å². The van der Waals surface area contributed by atoms with Gasteiger partial charge in [-0.2, -0.15) is 5.26 Å². The lowest BCUT2D eigenvalue weighted by molar-refractivity contribution is -0.384. The molecule has 0 fully saturated rings. The van der Waals surface area contributed by atoms with E-state index in [9.17, 15) is 15.4 Å². The van der Waals surface area contributed by atoms with E-state index >= 15 is 0 Å². The maximum Gasteiger partial charge on any atom is 0.269 e. The summed E-state index contributed by atoms with van der Waals surface area (Å²) in [6.45, 7) is 1.75. The SMILES string of the molecule is Cc1cc([N+](=O)[O-])ccc1N/C=C(\C#N)c1nc(-c2ccc(Cl)c(Cl)c2)cs1. The fraction of sp³-hybridized carbons (Fsp3) is 0.0526. The van der Waals surface area contributed by atoms with Crippen LogP contribution in [-0.4, -0.2) is 9.91 Å². The van der Waals surface area contributed by atoms with Gasteiger partial charge in [-0.1, -0.05) is 29.3 Å². The average molecular weight is 431 g/mol. The number of halogens is 2. The first-order valence-corrected chi connectivity index (χ1v) is 9.56. The Labute approximate surface area is 174 Å². The first-order valence-electron chi connectivity index (χ1n) is 7.92. The lowest BCUT2D eigenvalue weighted by atomic mass is 10.1. The summed E-state index contributed by atoms with van der Waals surface area (Å²) < 4.78 is 0.